The van der Waals surface area contributed by atoms with Gasteiger partial charge in [-0.2, -0.15) is 0 Å². The molecule has 4 heteroatoms. The largest absolute Gasteiger partial charge is 0.462 e. The van der Waals surface area contributed by atoms with Gasteiger partial charge in [-0.3, -0.25) is 4.79 Å². The number of hydrogen-bond acceptors (Lipinski definition) is 3. The summed E-state index contributed by atoms with van der Waals surface area (Å²) in [7, 11) is 0. The van der Waals surface area contributed by atoms with E-state index in [9.17, 15) is 9.59 Å². The molecule has 0 amide bonds. The fourth-order valence-corrected chi connectivity index (χ4v) is 2.13. The molecule has 1 aromatic rings. The third kappa shape index (κ3) is 2.31. The van der Waals surface area contributed by atoms with E-state index in [1.54, 1.807) is 19.1 Å². The number of ether oxygens (including phenoxy) is 1. The van der Waals surface area contributed by atoms with Gasteiger partial charge in [-0.15, -0.1) is 0 Å². The lowest BCUT2D eigenvalue weighted by atomic mass is 9.90. The van der Waals surface area contributed by atoms with Gasteiger partial charge in [-0.25, -0.2) is 4.79 Å². The van der Waals surface area contributed by atoms with E-state index in [4.69, 9.17) is 4.74 Å². The first-order chi connectivity index (χ1) is 8.13. The van der Waals surface area contributed by atoms with Crippen molar-refractivity contribution in [3.05, 3.63) is 45.4 Å². The first-order valence-electron chi connectivity index (χ1n) is 5.34. The van der Waals surface area contributed by atoms with Crippen molar-refractivity contribution in [2.24, 2.45) is 0 Å². The lowest BCUT2D eigenvalue weighted by Gasteiger charge is -2.15. The number of rotatable bonds is 2. The Kier molecular flexibility index (Phi) is 3.43. The van der Waals surface area contributed by atoms with Crippen LogP contribution in [0.15, 0.2) is 34.3 Å². The summed E-state index contributed by atoms with van der Waals surface area (Å²) >= 11 is 3.32. The molecule has 17 heavy (non-hydrogen) atoms. The van der Waals surface area contributed by atoms with Crippen LogP contribution in [0.4, 0.5) is 0 Å². The van der Waals surface area contributed by atoms with Crippen molar-refractivity contribution >= 4 is 27.7 Å². The summed E-state index contributed by atoms with van der Waals surface area (Å²) in [5.41, 5.74) is 1.65. The zero-order valence-electron chi connectivity index (χ0n) is 9.33. The van der Waals surface area contributed by atoms with Crippen LogP contribution in [0.25, 0.3) is 0 Å². The van der Waals surface area contributed by atoms with Gasteiger partial charge in [0.2, 0.25) is 0 Å². The van der Waals surface area contributed by atoms with Crippen LogP contribution in [-0.2, 0) is 16.0 Å². The summed E-state index contributed by atoms with van der Waals surface area (Å²) < 4.78 is 5.69. The molecule has 0 aliphatic heterocycles. The minimum absolute atomic E-state index is 0.137. The fraction of sp³-hybridized carbons (Fsp3) is 0.231. The molecule has 1 aliphatic rings. The molecule has 0 atom stereocenters. The molecule has 3 nitrogen and oxygen atoms in total. The molecule has 0 aromatic heterocycles. The second-order valence-electron chi connectivity index (χ2n) is 3.67. The predicted molar refractivity (Wildman–Crippen MR) is 66.9 cm³/mol. The number of esters is 1. The average molecular weight is 295 g/mol. The lowest BCUT2D eigenvalue weighted by molar-refractivity contribution is -0.138. The van der Waals surface area contributed by atoms with Crippen LogP contribution in [-0.4, -0.2) is 18.4 Å². The fourth-order valence-electron chi connectivity index (χ4n) is 1.77. The van der Waals surface area contributed by atoms with E-state index in [0.29, 0.717) is 12.0 Å². The van der Waals surface area contributed by atoms with Crippen molar-refractivity contribution in [2.45, 2.75) is 13.3 Å². The molecule has 0 unspecified atom stereocenters. The van der Waals surface area contributed by atoms with Gasteiger partial charge in [0.25, 0.3) is 0 Å². The Morgan fingerprint density at radius 1 is 1.47 bits per heavy atom. The summed E-state index contributed by atoms with van der Waals surface area (Å²) in [6.45, 7) is 1.99. The van der Waals surface area contributed by atoms with Crippen LogP contribution < -0.4 is 0 Å². The summed E-state index contributed by atoms with van der Waals surface area (Å²) in [4.78, 5) is 23.7. The minimum atomic E-state index is -0.539. The Morgan fingerprint density at radius 2 is 2.24 bits per heavy atom. The van der Waals surface area contributed by atoms with Gasteiger partial charge in [0.15, 0.2) is 5.78 Å². The molecule has 0 bridgehead atoms. The topological polar surface area (TPSA) is 43.4 Å². The van der Waals surface area contributed by atoms with Crippen molar-refractivity contribution in [2.75, 3.05) is 6.61 Å². The Bertz CT molecular complexity index is 517. The molecular weight excluding hydrogens is 284 g/mol. The molecule has 0 fully saturated rings. The number of ketones is 1. The van der Waals surface area contributed by atoms with Crippen molar-refractivity contribution in [3.63, 3.8) is 0 Å². The van der Waals surface area contributed by atoms with Crippen LogP contribution in [0.5, 0.6) is 0 Å². The molecule has 0 heterocycles. The average Bonchev–Trinajstić information content (AvgIpc) is 2.30. The van der Waals surface area contributed by atoms with Crippen LogP contribution in [0, 0.1) is 0 Å². The highest BCUT2D eigenvalue weighted by Crippen LogP contribution is 2.25. The van der Waals surface area contributed by atoms with E-state index >= 15 is 0 Å². The maximum Gasteiger partial charge on any atom is 0.341 e. The molecular formula is C13H11BrO3. The first-order valence-corrected chi connectivity index (χ1v) is 6.13. The maximum absolute atomic E-state index is 12.1. The van der Waals surface area contributed by atoms with E-state index in [-0.39, 0.29) is 18.0 Å². The third-order valence-corrected chi connectivity index (χ3v) is 3.08. The van der Waals surface area contributed by atoms with Gasteiger partial charge >= 0.3 is 5.97 Å². The summed E-state index contributed by atoms with van der Waals surface area (Å²) in [6.07, 6.45) is 2.22. The highest BCUT2D eigenvalue weighted by atomic mass is 79.9. The predicted octanol–water partition coefficient (Wildman–Crippen LogP) is 2.68. The summed E-state index contributed by atoms with van der Waals surface area (Å²) in [5.74, 6) is -0.797. The van der Waals surface area contributed by atoms with E-state index in [2.05, 4.69) is 15.9 Å². The molecule has 88 valence electrons. The maximum atomic E-state index is 12.1. The van der Waals surface area contributed by atoms with Crippen LogP contribution in [0.3, 0.4) is 0 Å². The molecule has 0 spiro atoms. The number of hydrogen-bond donors (Lipinski definition) is 0. The van der Waals surface area contributed by atoms with Gasteiger partial charge in [-0.05, 0) is 31.0 Å². The van der Waals surface area contributed by atoms with Gasteiger partial charge in [-0.1, -0.05) is 28.1 Å². The van der Waals surface area contributed by atoms with Gasteiger partial charge < -0.3 is 4.74 Å². The van der Waals surface area contributed by atoms with Crippen LogP contribution in [0.1, 0.15) is 22.8 Å². The molecule has 0 N–H and O–H groups in total. The minimum Gasteiger partial charge on any atom is -0.462 e. The van der Waals surface area contributed by atoms with Crippen molar-refractivity contribution in [3.8, 4) is 0 Å². The Morgan fingerprint density at radius 3 is 2.94 bits per heavy atom. The number of fused-ring (bicyclic) bond motifs is 1. The number of Topliss-reactive ketones (excluding diaryl/α,β-unsaturated/α-hetero) is 1. The Hall–Kier alpha value is -1.42. The normalized spacial score (nSPS) is 14.0. The van der Waals surface area contributed by atoms with E-state index in [1.807, 2.05) is 12.1 Å². The van der Waals surface area contributed by atoms with Gasteiger partial charge in [0, 0.05) is 10.0 Å². The smallest absolute Gasteiger partial charge is 0.341 e. The lowest BCUT2D eigenvalue weighted by Crippen LogP contribution is -2.20. The van der Waals surface area contributed by atoms with Crippen LogP contribution >= 0.6 is 15.9 Å². The highest BCUT2D eigenvalue weighted by molar-refractivity contribution is 9.10. The molecule has 2 rings (SSSR count). The van der Waals surface area contributed by atoms with E-state index in [0.717, 1.165) is 10.0 Å². The number of carbonyl (C=O) groups excluding carboxylic acids is 2. The summed E-state index contributed by atoms with van der Waals surface area (Å²) in [5, 5.41) is 0. The molecule has 0 radical (unpaired) electrons. The number of carbonyl (C=O) groups is 2. The van der Waals surface area contributed by atoms with E-state index < -0.39 is 5.97 Å². The second kappa shape index (κ2) is 4.84. The number of benzene rings is 1. The summed E-state index contributed by atoms with van der Waals surface area (Å²) in [6, 6.07) is 5.51. The standard InChI is InChI=1S/C13H11BrO3/c1-2-17-13(16)10-6-4-8-3-5-9(14)7-11(8)12(10)15/h3,5-7H,2,4H2,1H3. The first kappa shape index (κ1) is 12.0. The van der Waals surface area contributed by atoms with E-state index in [1.165, 1.54) is 0 Å². The second-order valence-corrected chi connectivity index (χ2v) is 4.59. The third-order valence-electron chi connectivity index (χ3n) is 2.58. The van der Waals surface area contributed by atoms with Gasteiger partial charge in [0.1, 0.15) is 5.57 Å². The van der Waals surface area contributed by atoms with Gasteiger partial charge in [0.05, 0.1) is 6.61 Å². The molecule has 0 saturated heterocycles. The Balaban J connectivity index is 2.35. The molecule has 1 aliphatic carbocycles. The molecule has 1 aromatic carbocycles. The molecule has 0 saturated carbocycles. The Labute approximate surface area is 108 Å². The number of halogens is 1. The number of allylic oxidation sites excluding steroid dienone is 1. The zero-order valence-corrected chi connectivity index (χ0v) is 10.9. The monoisotopic (exact) mass is 294 g/mol. The van der Waals surface area contributed by atoms with Crippen LogP contribution in [0.2, 0.25) is 0 Å². The SMILES string of the molecule is CCOC(=O)C1=CCc2ccc(Br)cc2C1=O. The highest BCUT2D eigenvalue weighted by Gasteiger charge is 2.26. The van der Waals surface area contributed by atoms with Crippen molar-refractivity contribution in [1.82, 2.24) is 0 Å². The van der Waals surface area contributed by atoms with Crippen molar-refractivity contribution < 1.29 is 14.3 Å². The quantitative estimate of drug-likeness (QED) is 0.622. The zero-order chi connectivity index (χ0) is 12.4. The van der Waals surface area contributed by atoms with Crippen molar-refractivity contribution in [1.29, 1.82) is 0 Å².